The van der Waals surface area contributed by atoms with Crippen molar-refractivity contribution >= 4 is 13.8 Å². The van der Waals surface area contributed by atoms with Gasteiger partial charge >= 0.3 is 13.8 Å². The number of phosphoric acid groups is 1. The first kappa shape index (κ1) is 36.8. The zero-order valence-corrected chi connectivity index (χ0v) is 26.9. The predicted molar refractivity (Wildman–Crippen MR) is 165 cm³/mol. The number of benzene rings is 1. The van der Waals surface area contributed by atoms with Gasteiger partial charge in [0.1, 0.15) is 13.2 Å². The van der Waals surface area contributed by atoms with Gasteiger partial charge in [0.15, 0.2) is 0 Å². The van der Waals surface area contributed by atoms with E-state index in [1.807, 2.05) is 52.3 Å². The minimum Gasteiger partial charge on any atom is -0.462 e. The third-order valence-electron chi connectivity index (χ3n) is 7.10. The molecule has 0 radical (unpaired) electrons. The number of hydrogen-bond donors (Lipinski definition) is 1. The van der Waals surface area contributed by atoms with Gasteiger partial charge in [-0.25, -0.2) is 9.36 Å². The van der Waals surface area contributed by atoms with E-state index in [9.17, 15) is 14.3 Å². The zero-order chi connectivity index (χ0) is 29.5. The summed E-state index contributed by atoms with van der Waals surface area (Å²) in [6.45, 7) is 3.40. The molecule has 1 rings (SSSR count). The molecule has 0 bridgehead atoms. The van der Waals surface area contributed by atoms with Crippen molar-refractivity contribution in [2.75, 3.05) is 47.5 Å². The van der Waals surface area contributed by atoms with Gasteiger partial charge in [0.2, 0.25) is 0 Å². The number of likely N-dealkylation sites (N-methyl/N-ethyl adjacent to an activating group) is 1. The lowest BCUT2D eigenvalue weighted by Gasteiger charge is -2.24. The van der Waals surface area contributed by atoms with Crippen LogP contribution in [0.4, 0.5) is 0 Å². The minimum absolute atomic E-state index is 0.219. The summed E-state index contributed by atoms with van der Waals surface area (Å²) in [6, 6.07) is 7.85. The summed E-state index contributed by atoms with van der Waals surface area (Å²) < 4.78 is 27.7. The van der Waals surface area contributed by atoms with Gasteiger partial charge in [-0.15, -0.1) is 0 Å². The van der Waals surface area contributed by atoms with Gasteiger partial charge in [-0.2, -0.15) is 0 Å². The molecule has 0 aliphatic carbocycles. The number of hydrogen-bond acceptors (Lipinski definition) is 5. The van der Waals surface area contributed by atoms with Crippen LogP contribution < -0.4 is 0 Å². The quantitative estimate of drug-likeness (QED) is 0.0509. The lowest BCUT2D eigenvalue weighted by molar-refractivity contribution is -0.870. The van der Waals surface area contributed by atoms with Gasteiger partial charge in [-0.1, -0.05) is 102 Å². The average Bonchev–Trinajstić information content (AvgIpc) is 2.89. The van der Waals surface area contributed by atoms with Crippen molar-refractivity contribution in [3.05, 3.63) is 35.4 Å². The summed E-state index contributed by atoms with van der Waals surface area (Å²) in [4.78, 5) is 21.4. The Morgan fingerprint density at radius 2 is 1.12 bits per heavy atom. The molecule has 0 heterocycles. The van der Waals surface area contributed by atoms with Crippen molar-refractivity contribution in [1.82, 2.24) is 0 Å². The first-order valence-corrected chi connectivity index (χ1v) is 17.3. The molecule has 232 valence electrons. The van der Waals surface area contributed by atoms with E-state index in [1.54, 1.807) is 0 Å². The number of phosphoric ester groups is 1. The second-order valence-corrected chi connectivity index (χ2v) is 13.4. The van der Waals surface area contributed by atoms with Crippen molar-refractivity contribution < 1.29 is 32.5 Å². The smallest absolute Gasteiger partial charge is 0.462 e. The van der Waals surface area contributed by atoms with Crippen LogP contribution in [0.3, 0.4) is 0 Å². The number of esters is 1. The van der Waals surface area contributed by atoms with Crippen LogP contribution in [-0.2, 0) is 24.8 Å². The number of unbranched alkanes of at least 4 members (excludes halogenated alkanes) is 15. The molecule has 0 aliphatic heterocycles. The fourth-order valence-corrected chi connectivity index (χ4v) is 5.32. The molecule has 1 N–H and O–H groups in total. The van der Waals surface area contributed by atoms with E-state index in [-0.39, 0.29) is 19.2 Å². The van der Waals surface area contributed by atoms with E-state index in [0.717, 1.165) is 25.7 Å². The summed E-state index contributed by atoms with van der Waals surface area (Å²) in [5.41, 5.74) is 1.93. The van der Waals surface area contributed by atoms with Crippen LogP contribution in [0.1, 0.15) is 126 Å². The number of aryl methyl sites for hydroxylation is 1. The number of carbonyl (C=O) groups excluding carboxylic acids is 1. The molecule has 0 fully saturated rings. The van der Waals surface area contributed by atoms with Gasteiger partial charge in [-0.3, -0.25) is 9.05 Å². The molecule has 1 aromatic rings. The van der Waals surface area contributed by atoms with Gasteiger partial charge in [0.05, 0.1) is 39.9 Å². The van der Waals surface area contributed by atoms with Crippen LogP contribution >= 0.6 is 7.82 Å². The third-order valence-corrected chi connectivity index (χ3v) is 8.11. The van der Waals surface area contributed by atoms with Crippen molar-refractivity contribution in [1.29, 1.82) is 0 Å². The molecule has 0 spiro atoms. The number of quaternary nitrogens is 1. The Hall–Kier alpha value is -1.24. The SMILES string of the molecule is CCOC(=O)c1ccc(CCCCCCCCCCCCCCCCCCOP(=O)(O)OCC[N+](C)(C)C)cc1. The lowest BCUT2D eigenvalue weighted by Crippen LogP contribution is -2.37. The molecule has 0 amide bonds. The molecule has 1 atom stereocenters. The fourth-order valence-electron chi connectivity index (χ4n) is 4.58. The van der Waals surface area contributed by atoms with E-state index in [1.165, 1.54) is 89.0 Å². The standard InChI is InChI=1S/C32H58NO6P/c1-5-37-32(34)31-25-23-30(24-26-31)22-20-18-16-14-12-10-8-6-7-9-11-13-15-17-19-21-28-38-40(35,36)39-29-27-33(2,3)4/h23-26H,5-22,27-29H2,1-4H3/p+1. The molecule has 1 unspecified atom stereocenters. The molecule has 7 nitrogen and oxygen atoms in total. The van der Waals surface area contributed by atoms with Crippen LogP contribution in [0.15, 0.2) is 24.3 Å². The Morgan fingerprint density at radius 3 is 1.57 bits per heavy atom. The molecular formula is C32H59NO6P+. The molecule has 0 aliphatic rings. The molecular weight excluding hydrogens is 525 g/mol. The molecule has 8 heteroatoms. The monoisotopic (exact) mass is 584 g/mol. The van der Waals surface area contributed by atoms with Crippen LogP contribution in [0, 0.1) is 0 Å². The summed E-state index contributed by atoms with van der Waals surface area (Å²) >= 11 is 0. The summed E-state index contributed by atoms with van der Waals surface area (Å²) in [7, 11) is 2.13. The normalized spacial score (nSPS) is 13.3. The lowest BCUT2D eigenvalue weighted by atomic mass is 10.0. The largest absolute Gasteiger partial charge is 0.472 e. The van der Waals surface area contributed by atoms with Crippen molar-refractivity contribution in [3.63, 3.8) is 0 Å². The Bertz CT molecular complexity index is 809. The first-order chi connectivity index (χ1) is 19.1. The zero-order valence-electron chi connectivity index (χ0n) is 26.0. The highest BCUT2D eigenvalue weighted by Crippen LogP contribution is 2.43. The Kier molecular flexibility index (Phi) is 20.6. The maximum Gasteiger partial charge on any atom is 0.472 e. The summed E-state index contributed by atoms with van der Waals surface area (Å²) in [5.74, 6) is -0.239. The topological polar surface area (TPSA) is 82.1 Å². The molecule has 0 saturated heterocycles. The van der Waals surface area contributed by atoms with Crippen molar-refractivity contribution in [2.24, 2.45) is 0 Å². The van der Waals surface area contributed by atoms with Gasteiger partial charge in [-0.05, 0) is 43.9 Å². The van der Waals surface area contributed by atoms with Crippen LogP contribution in [0.2, 0.25) is 0 Å². The first-order valence-electron chi connectivity index (χ1n) is 15.8. The Morgan fingerprint density at radius 1 is 0.700 bits per heavy atom. The van der Waals surface area contributed by atoms with Crippen molar-refractivity contribution in [2.45, 2.75) is 116 Å². The number of ether oxygens (including phenoxy) is 1. The van der Waals surface area contributed by atoms with Gasteiger partial charge < -0.3 is 14.1 Å². The van der Waals surface area contributed by atoms with Gasteiger partial charge in [0.25, 0.3) is 0 Å². The Labute approximate surface area is 245 Å². The van der Waals surface area contributed by atoms with E-state index < -0.39 is 7.82 Å². The number of carbonyl (C=O) groups is 1. The van der Waals surface area contributed by atoms with E-state index in [2.05, 4.69) is 0 Å². The molecule has 0 saturated carbocycles. The second kappa shape index (κ2) is 22.4. The third kappa shape index (κ3) is 21.5. The van der Waals surface area contributed by atoms with Crippen LogP contribution in [-0.4, -0.2) is 62.9 Å². The Balaban J connectivity index is 1.82. The van der Waals surface area contributed by atoms with Crippen LogP contribution in [0.5, 0.6) is 0 Å². The second-order valence-electron chi connectivity index (χ2n) is 12.0. The van der Waals surface area contributed by atoms with E-state index >= 15 is 0 Å². The molecule has 1 aromatic carbocycles. The fraction of sp³-hybridized carbons (Fsp3) is 0.781. The highest BCUT2D eigenvalue weighted by Gasteiger charge is 2.22. The maximum absolute atomic E-state index is 11.8. The minimum atomic E-state index is -3.91. The number of nitrogens with zero attached hydrogens (tertiary/aromatic N) is 1. The summed E-state index contributed by atoms with van der Waals surface area (Å²) in [6.07, 6.45) is 21.2. The highest BCUT2D eigenvalue weighted by molar-refractivity contribution is 7.47. The van der Waals surface area contributed by atoms with E-state index in [0.29, 0.717) is 23.2 Å². The van der Waals surface area contributed by atoms with Gasteiger partial charge in [0, 0.05) is 0 Å². The average molecular weight is 585 g/mol. The predicted octanol–water partition coefficient (Wildman–Crippen LogP) is 8.49. The molecule has 40 heavy (non-hydrogen) atoms. The van der Waals surface area contributed by atoms with Crippen LogP contribution in [0.25, 0.3) is 0 Å². The number of rotatable bonds is 26. The van der Waals surface area contributed by atoms with Crippen molar-refractivity contribution in [3.8, 4) is 0 Å². The highest BCUT2D eigenvalue weighted by atomic mass is 31.2. The molecule has 0 aromatic heterocycles. The van der Waals surface area contributed by atoms with E-state index in [4.69, 9.17) is 13.8 Å². The maximum atomic E-state index is 11.8. The summed E-state index contributed by atoms with van der Waals surface area (Å²) in [5, 5.41) is 0.